The van der Waals surface area contributed by atoms with Crippen LogP contribution in [0.25, 0.3) is 0 Å². The second-order valence-corrected chi connectivity index (χ2v) is 3.41. The van der Waals surface area contributed by atoms with Crippen LogP contribution in [-0.2, 0) is 4.74 Å². The average Bonchev–Trinajstić information content (AvgIpc) is 2.19. The molecule has 1 fully saturated rings. The van der Waals surface area contributed by atoms with E-state index in [9.17, 15) is 5.11 Å². The van der Waals surface area contributed by atoms with Gasteiger partial charge in [-0.2, -0.15) is 11.8 Å². The molecule has 0 bridgehead atoms. The summed E-state index contributed by atoms with van der Waals surface area (Å²) >= 11 is 1.50. The molecule has 5 heteroatoms. The highest BCUT2D eigenvalue weighted by molar-refractivity contribution is 7.98. The van der Waals surface area contributed by atoms with Gasteiger partial charge in [0.15, 0.2) is 6.29 Å². The lowest BCUT2D eigenvalue weighted by molar-refractivity contribution is -0.123. The number of hydrogen-bond acceptors (Lipinski definition) is 5. The maximum absolute atomic E-state index is 9.21. The Morgan fingerprint density at radius 3 is 2.27 bits per heavy atom. The van der Waals surface area contributed by atoms with Gasteiger partial charge < -0.3 is 20.1 Å². The van der Waals surface area contributed by atoms with Gasteiger partial charge in [0.1, 0.15) is 12.2 Å². The molecule has 3 N–H and O–H groups in total. The molecule has 0 radical (unpaired) electrons. The van der Waals surface area contributed by atoms with E-state index in [-0.39, 0.29) is 0 Å². The second kappa shape index (κ2) is 3.73. The first-order valence-corrected chi connectivity index (χ1v) is 4.75. The molecule has 11 heavy (non-hydrogen) atoms. The van der Waals surface area contributed by atoms with E-state index < -0.39 is 24.6 Å². The first-order chi connectivity index (χ1) is 5.16. The van der Waals surface area contributed by atoms with Gasteiger partial charge in [0.2, 0.25) is 0 Å². The summed E-state index contributed by atoms with van der Waals surface area (Å²) in [5, 5.41) is 27.2. The van der Waals surface area contributed by atoms with Crippen LogP contribution in [0.15, 0.2) is 0 Å². The summed E-state index contributed by atoms with van der Waals surface area (Å²) in [6.07, 6.45) is -1.94. The summed E-state index contributed by atoms with van der Waals surface area (Å²) in [4.78, 5) is 0. The van der Waals surface area contributed by atoms with E-state index in [1.165, 1.54) is 11.8 Å². The Morgan fingerprint density at radius 1 is 1.27 bits per heavy atom. The van der Waals surface area contributed by atoms with Gasteiger partial charge in [-0.3, -0.25) is 0 Å². The predicted octanol–water partition coefficient (Wildman–Crippen LogP) is -1.21. The summed E-state index contributed by atoms with van der Waals surface area (Å²) < 4.78 is 4.86. The van der Waals surface area contributed by atoms with Crippen molar-refractivity contribution in [2.75, 3.05) is 12.0 Å². The highest BCUT2D eigenvalue weighted by atomic mass is 32.2. The fraction of sp³-hybridized carbons (Fsp3) is 1.00. The zero-order valence-electron chi connectivity index (χ0n) is 6.17. The molecule has 0 aromatic heterocycles. The van der Waals surface area contributed by atoms with Crippen molar-refractivity contribution in [3.05, 3.63) is 0 Å². The zero-order valence-corrected chi connectivity index (χ0v) is 6.99. The summed E-state index contributed by atoms with van der Waals surface area (Å²) in [7, 11) is 0. The minimum Gasteiger partial charge on any atom is -0.387 e. The Morgan fingerprint density at radius 2 is 1.91 bits per heavy atom. The largest absolute Gasteiger partial charge is 0.387 e. The molecule has 4 nitrogen and oxygen atoms in total. The molecule has 0 aromatic carbocycles. The summed E-state index contributed by atoms with van der Waals surface area (Å²) in [6, 6.07) is 0. The third-order valence-electron chi connectivity index (χ3n) is 1.67. The molecule has 1 unspecified atom stereocenters. The number of rotatable bonds is 2. The van der Waals surface area contributed by atoms with Gasteiger partial charge in [0.25, 0.3) is 0 Å². The predicted molar refractivity (Wildman–Crippen MR) is 41.3 cm³/mol. The number of hydrogen-bond donors (Lipinski definition) is 3. The highest BCUT2D eigenvalue weighted by Gasteiger charge is 2.41. The lowest BCUT2D eigenvalue weighted by Gasteiger charge is -2.11. The van der Waals surface area contributed by atoms with E-state index in [1.54, 1.807) is 0 Å². The number of thioether (sulfide) groups is 1. The van der Waals surface area contributed by atoms with Crippen molar-refractivity contribution in [1.29, 1.82) is 0 Å². The van der Waals surface area contributed by atoms with E-state index in [0.717, 1.165) is 0 Å². The number of ether oxygens (including phenoxy) is 1. The smallest absolute Gasteiger partial charge is 0.183 e. The van der Waals surface area contributed by atoms with Crippen LogP contribution < -0.4 is 0 Å². The van der Waals surface area contributed by atoms with Gasteiger partial charge in [-0.05, 0) is 6.26 Å². The molecule has 0 amide bonds. The molecule has 4 atom stereocenters. The topological polar surface area (TPSA) is 69.9 Å². The van der Waals surface area contributed by atoms with Crippen LogP contribution >= 0.6 is 11.8 Å². The van der Waals surface area contributed by atoms with E-state index in [0.29, 0.717) is 5.75 Å². The van der Waals surface area contributed by atoms with Crippen molar-refractivity contribution in [3.63, 3.8) is 0 Å². The standard InChI is InChI=1S/C6H12O4S/c1-11-2-3-4(7)5(8)6(9)10-3/h3-9H,2H2,1H3/t3-,4?,5+,6-/m1/s1. The average molecular weight is 180 g/mol. The fourth-order valence-electron chi connectivity index (χ4n) is 1.03. The van der Waals surface area contributed by atoms with Crippen LogP contribution in [0.2, 0.25) is 0 Å². The van der Waals surface area contributed by atoms with Crippen molar-refractivity contribution < 1.29 is 20.1 Å². The third kappa shape index (κ3) is 1.86. The van der Waals surface area contributed by atoms with Gasteiger partial charge in [-0.15, -0.1) is 0 Å². The lowest BCUT2D eigenvalue weighted by Crippen LogP contribution is -2.33. The molecule has 1 rings (SSSR count). The van der Waals surface area contributed by atoms with Gasteiger partial charge in [-0.25, -0.2) is 0 Å². The van der Waals surface area contributed by atoms with Gasteiger partial charge in [0.05, 0.1) is 6.10 Å². The quantitative estimate of drug-likeness (QED) is 0.497. The molecular weight excluding hydrogens is 168 g/mol. The van der Waals surface area contributed by atoms with Crippen LogP contribution in [0.1, 0.15) is 0 Å². The van der Waals surface area contributed by atoms with E-state index >= 15 is 0 Å². The van der Waals surface area contributed by atoms with Gasteiger partial charge >= 0.3 is 0 Å². The fourth-order valence-corrected chi connectivity index (χ4v) is 1.64. The Bertz CT molecular complexity index is 132. The lowest BCUT2D eigenvalue weighted by atomic mass is 10.2. The van der Waals surface area contributed by atoms with Crippen LogP contribution in [0.4, 0.5) is 0 Å². The van der Waals surface area contributed by atoms with Gasteiger partial charge in [0, 0.05) is 5.75 Å². The van der Waals surface area contributed by atoms with Gasteiger partial charge in [-0.1, -0.05) is 0 Å². The van der Waals surface area contributed by atoms with Crippen LogP contribution in [-0.4, -0.2) is 51.9 Å². The normalized spacial score (nSPS) is 44.7. The molecule has 1 heterocycles. The Hall–Kier alpha value is 0.190. The SMILES string of the molecule is CSC[C@H]1O[C@@H](O)[C@@H](O)C1O. The monoisotopic (exact) mass is 180 g/mol. The molecular formula is C6H12O4S. The molecule has 0 aliphatic carbocycles. The molecule has 1 aliphatic rings. The second-order valence-electron chi connectivity index (χ2n) is 2.50. The minimum absolute atomic E-state index is 0.449. The first-order valence-electron chi connectivity index (χ1n) is 3.35. The van der Waals surface area contributed by atoms with Crippen molar-refractivity contribution in [1.82, 2.24) is 0 Å². The Balaban J connectivity index is 2.45. The van der Waals surface area contributed by atoms with E-state index in [1.807, 2.05) is 6.26 Å². The maximum Gasteiger partial charge on any atom is 0.183 e. The molecule has 0 spiro atoms. The van der Waals surface area contributed by atoms with Crippen LogP contribution in [0.5, 0.6) is 0 Å². The Kier molecular flexibility index (Phi) is 3.15. The number of aliphatic hydroxyl groups excluding tert-OH is 3. The summed E-state index contributed by atoms with van der Waals surface area (Å²) in [6.45, 7) is 0. The minimum atomic E-state index is -1.23. The molecule has 1 aliphatic heterocycles. The van der Waals surface area contributed by atoms with Crippen molar-refractivity contribution in [3.8, 4) is 0 Å². The zero-order chi connectivity index (χ0) is 8.43. The van der Waals surface area contributed by atoms with E-state index in [4.69, 9.17) is 14.9 Å². The molecule has 1 saturated heterocycles. The number of aliphatic hydroxyl groups is 3. The van der Waals surface area contributed by atoms with E-state index in [2.05, 4.69) is 0 Å². The Labute approximate surface area is 69.2 Å². The van der Waals surface area contributed by atoms with Crippen molar-refractivity contribution in [2.45, 2.75) is 24.6 Å². The maximum atomic E-state index is 9.21. The van der Waals surface area contributed by atoms with Crippen LogP contribution in [0.3, 0.4) is 0 Å². The summed E-state index contributed by atoms with van der Waals surface area (Å²) in [5.74, 6) is 0.579. The summed E-state index contributed by atoms with van der Waals surface area (Å²) in [5.41, 5.74) is 0. The molecule has 0 aromatic rings. The van der Waals surface area contributed by atoms with Crippen LogP contribution in [0, 0.1) is 0 Å². The molecule has 0 saturated carbocycles. The van der Waals surface area contributed by atoms with Crippen molar-refractivity contribution in [2.24, 2.45) is 0 Å². The highest BCUT2D eigenvalue weighted by Crippen LogP contribution is 2.21. The van der Waals surface area contributed by atoms with Crippen molar-refractivity contribution >= 4 is 11.8 Å². The molecule has 66 valence electrons. The third-order valence-corrected chi connectivity index (χ3v) is 2.33. The first kappa shape index (κ1) is 9.28.